The minimum Gasteiger partial charge on any atom is -0.465 e. The summed E-state index contributed by atoms with van der Waals surface area (Å²) in [6.45, 7) is 3.77. The molecule has 2 rings (SSSR count). The Kier molecular flexibility index (Phi) is 2.56. The molecule has 0 aromatic carbocycles. The van der Waals surface area contributed by atoms with Gasteiger partial charge >= 0.3 is 5.97 Å². The molecule has 0 amide bonds. The quantitative estimate of drug-likeness (QED) is 0.684. The number of carbonyl (C=O) groups is 1. The molecule has 0 N–H and O–H groups in total. The number of aromatic nitrogens is 2. The summed E-state index contributed by atoms with van der Waals surface area (Å²) in [5.41, 5.74) is 2.96. The number of pyridine rings is 2. The van der Waals surface area contributed by atoms with Gasteiger partial charge in [-0.2, -0.15) is 0 Å². The number of ether oxygens (including phenoxy) is 1. The average molecular weight is 216 g/mol. The summed E-state index contributed by atoms with van der Waals surface area (Å²) in [5.74, 6) is -0.350. The lowest BCUT2D eigenvalue weighted by Gasteiger charge is -2.06. The Morgan fingerprint density at radius 2 is 2.12 bits per heavy atom. The van der Waals surface area contributed by atoms with Crippen molar-refractivity contribution < 1.29 is 9.53 Å². The zero-order valence-electron chi connectivity index (χ0n) is 9.44. The van der Waals surface area contributed by atoms with Crippen LogP contribution < -0.4 is 0 Å². The Labute approximate surface area is 93.3 Å². The molecule has 0 aliphatic carbocycles. The van der Waals surface area contributed by atoms with Crippen molar-refractivity contribution in [3.63, 3.8) is 0 Å². The molecule has 0 unspecified atom stereocenters. The van der Waals surface area contributed by atoms with Gasteiger partial charge in [-0.3, -0.25) is 9.97 Å². The summed E-state index contributed by atoms with van der Waals surface area (Å²) in [6, 6.07) is 3.51. The van der Waals surface area contributed by atoms with E-state index < -0.39 is 0 Å². The van der Waals surface area contributed by atoms with Crippen LogP contribution in [-0.2, 0) is 4.74 Å². The molecule has 2 heterocycles. The fraction of sp³-hybridized carbons (Fsp3) is 0.250. The van der Waals surface area contributed by atoms with Gasteiger partial charge in [0, 0.05) is 17.3 Å². The molecule has 82 valence electrons. The van der Waals surface area contributed by atoms with E-state index >= 15 is 0 Å². The van der Waals surface area contributed by atoms with Crippen molar-refractivity contribution in [2.45, 2.75) is 13.8 Å². The van der Waals surface area contributed by atoms with Crippen LogP contribution in [0.15, 0.2) is 18.3 Å². The standard InChI is InChI=1S/C12H12N2O2/c1-7-6-10-9(12(15)16-3)4-5-13-11(10)8(2)14-7/h4-6H,1-3H3. The number of esters is 1. The van der Waals surface area contributed by atoms with Crippen molar-refractivity contribution in [2.24, 2.45) is 0 Å². The number of hydrogen-bond acceptors (Lipinski definition) is 4. The van der Waals surface area contributed by atoms with Crippen molar-refractivity contribution in [3.8, 4) is 0 Å². The van der Waals surface area contributed by atoms with Crippen LogP contribution in [0.1, 0.15) is 21.7 Å². The molecular weight excluding hydrogens is 204 g/mol. The Hall–Kier alpha value is -1.97. The van der Waals surface area contributed by atoms with Gasteiger partial charge in [-0.25, -0.2) is 4.79 Å². The van der Waals surface area contributed by atoms with Gasteiger partial charge in [-0.15, -0.1) is 0 Å². The van der Waals surface area contributed by atoms with E-state index in [2.05, 4.69) is 9.97 Å². The van der Waals surface area contributed by atoms with E-state index in [1.807, 2.05) is 19.9 Å². The maximum Gasteiger partial charge on any atom is 0.338 e. The fourth-order valence-electron chi connectivity index (χ4n) is 1.75. The minimum absolute atomic E-state index is 0.350. The van der Waals surface area contributed by atoms with E-state index in [4.69, 9.17) is 4.74 Å². The second-order valence-corrected chi connectivity index (χ2v) is 3.60. The lowest BCUT2D eigenvalue weighted by molar-refractivity contribution is 0.0603. The average Bonchev–Trinajstić information content (AvgIpc) is 2.27. The molecule has 4 nitrogen and oxygen atoms in total. The number of nitrogens with zero attached hydrogens (tertiary/aromatic N) is 2. The second kappa shape index (κ2) is 3.89. The van der Waals surface area contributed by atoms with Crippen LogP contribution in [0.25, 0.3) is 10.9 Å². The molecule has 0 saturated carbocycles. The van der Waals surface area contributed by atoms with Gasteiger partial charge in [-0.05, 0) is 26.0 Å². The van der Waals surface area contributed by atoms with Crippen LogP contribution in [-0.4, -0.2) is 23.0 Å². The van der Waals surface area contributed by atoms with E-state index in [0.29, 0.717) is 5.56 Å². The Morgan fingerprint density at radius 3 is 2.81 bits per heavy atom. The monoisotopic (exact) mass is 216 g/mol. The van der Waals surface area contributed by atoms with Crippen molar-refractivity contribution in [2.75, 3.05) is 7.11 Å². The third kappa shape index (κ3) is 1.62. The number of hydrogen-bond donors (Lipinski definition) is 0. The minimum atomic E-state index is -0.350. The summed E-state index contributed by atoms with van der Waals surface area (Å²) in [7, 11) is 1.37. The van der Waals surface area contributed by atoms with E-state index in [0.717, 1.165) is 22.3 Å². The van der Waals surface area contributed by atoms with Crippen molar-refractivity contribution >= 4 is 16.9 Å². The maximum atomic E-state index is 11.6. The number of aryl methyl sites for hydroxylation is 2. The van der Waals surface area contributed by atoms with Crippen LogP contribution in [0, 0.1) is 13.8 Å². The van der Waals surface area contributed by atoms with Gasteiger partial charge in [0.15, 0.2) is 0 Å². The Balaban J connectivity index is 2.81. The summed E-state index contributed by atoms with van der Waals surface area (Å²) < 4.78 is 4.74. The highest BCUT2D eigenvalue weighted by Gasteiger charge is 2.12. The first-order valence-corrected chi connectivity index (χ1v) is 4.94. The highest BCUT2D eigenvalue weighted by molar-refractivity contribution is 6.03. The molecule has 0 bridgehead atoms. The van der Waals surface area contributed by atoms with Crippen molar-refractivity contribution in [3.05, 3.63) is 35.3 Å². The molecule has 0 fully saturated rings. The summed E-state index contributed by atoms with van der Waals surface area (Å²) in [5, 5.41) is 0.791. The summed E-state index contributed by atoms with van der Waals surface area (Å²) >= 11 is 0. The molecule has 4 heteroatoms. The molecule has 0 aliphatic rings. The molecule has 16 heavy (non-hydrogen) atoms. The first kappa shape index (κ1) is 10.5. The SMILES string of the molecule is COC(=O)c1ccnc2c(C)nc(C)cc12. The number of carbonyl (C=O) groups excluding carboxylic acids is 1. The lowest BCUT2D eigenvalue weighted by atomic mass is 10.1. The van der Waals surface area contributed by atoms with Gasteiger partial charge in [0.05, 0.1) is 23.9 Å². The first-order valence-electron chi connectivity index (χ1n) is 4.94. The Morgan fingerprint density at radius 1 is 1.38 bits per heavy atom. The largest absolute Gasteiger partial charge is 0.465 e. The first-order chi connectivity index (χ1) is 7.63. The van der Waals surface area contributed by atoms with Crippen molar-refractivity contribution in [1.82, 2.24) is 9.97 Å². The molecule has 2 aromatic rings. The van der Waals surface area contributed by atoms with Gasteiger partial charge in [-0.1, -0.05) is 0 Å². The highest BCUT2D eigenvalue weighted by Crippen LogP contribution is 2.20. The molecule has 0 aliphatic heterocycles. The maximum absolute atomic E-state index is 11.6. The van der Waals surface area contributed by atoms with Gasteiger partial charge < -0.3 is 4.74 Å². The molecular formula is C12H12N2O2. The predicted molar refractivity (Wildman–Crippen MR) is 60.4 cm³/mol. The Bertz CT molecular complexity index is 564. The zero-order valence-corrected chi connectivity index (χ0v) is 9.44. The normalized spacial score (nSPS) is 10.4. The van der Waals surface area contributed by atoms with E-state index in [9.17, 15) is 4.79 Å². The van der Waals surface area contributed by atoms with Gasteiger partial charge in [0.25, 0.3) is 0 Å². The third-order valence-corrected chi connectivity index (χ3v) is 2.44. The van der Waals surface area contributed by atoms with E-state index in [1.165, 1.54) is 7.11 Å². The van der Waals surface area contributed by atoms with Gasteiger partial charge in [0.1, 0.15) is 0 Å². The van der Waals surface area contributed by atoms with Crippen LogP contribution in [0.4, 0.5) is 0 Å². The van der Waals surface area contributed by atoms with Crippen LogP contribution in [0.2, 0.25) is 0 Å². The molecule has 0 spiro atoms. The zero-order chi connectivity index (χ0) is 11.7. The molecule has 0 radical (unpaired) electrons. The fourth-order valence-corrected chi connectivity index (χ4v) is 1.75. The van der Waals surface area contributed by atoms with E-state index in [1.54, 1.807) is 12.3 Å². The number of methoxy groups -OCH3 is 1. The van der Waals surface area contributed by atoms with Crippen molar-refractivity contribution in [1.29, 1.82) is 0 Å². The predicted octanol–water partition coefficient (Wildman–Crippen LogP) is 2.03. The molecule has 0 atom stereocenters. The van der Waals surface area contributed by atoms with Crippen LogP contribution in [0.3, 0.4) is 0 Å². The molecule has 0 saturated heterocycles. The second-order valence-electron chi connectivity index (χ2n) is 3.60. The number of fused-ring (bicyclic) bond motifs is 1. The smallest absolute Gasteiger partial charge is 0.338 e. The third-order valence-electron chi connectivity index (χ3n) is 2.44. The summed E-state index contributed by atoms with van der Waals surface area (Å²) in [4.78, 5) is 20.1. The molecule has 2 aromatic heterocycles. The topological polar surface area (TPSA) is 52.1 Å². The van der Waals surface area contributed by atoms with Gasteiger partial charge in [0.2, 0.25) is 0 Å². The number of rotatable bonds is 1. The summed E-state index contributed by atoms with van der Waals surface area (Å²) in [6.07, 6.45) is 1.60. The van der Waals surface area contributed by atoms with Crippen LogP contribution >= 0.6 is 0 Å². The lowest BCUT2D eigenvalue weighted by Crippen LogP contribution is -2.04. The van der Waals surface area contributed by atoms with E-state index in [-0.39, 0.29) is 5.97 Å². The van der Waals surface area contributed by atoms with Crippen LogP contribution in [0.5, 0.6) is 0 Å². The highest BCUT2D eigenvalue weighted by atomic mass is 16.5.